The molecule has 9 nitrogen and oxygen atoms in total. The van der Waals surface area contributed by atoms with Crippen molar-refractivity contribution in [3.63, 3.8) is 0 Å². The Hall–Kier alpha value is -4.53. The number of rotatable bonds is 6. The first kappa shape index (κ1) is 28.0. The molecule has 2 saturated heterocycles. The molecule has 0 aromatic heterocycles. The number of urea groups is 1. The van der Waals surface area contributed by atoms with Crippen LogP contribution in [0, 0.1) is 6.92 Å². The highest BCUT2D eigenvalue weighted by Crippen LogP contribution is 2.29. The number of ether oxygens (including phenoxy) is 1. The van der Waals surface area contributed by atoms with Gasteiger partial charge in [-0.2, -0.15) is 0 Å². The fourth-order valence-corrected chi connectivity index (χ4v) is 5.37. The second-order valence-electron chi connectivity index (χ2n) is 10.5. The average molecular weight is 556 g/mol. The molecule has 0 unspecified atom stereocenters. The van der Waals surface area contributed by atoms with Gasteiger partial charge in [-0.15, -0.1) is 0 Å². The van der Waals surface area contributed by atoms with Gasteiger partial charge in [0.1, 0.15) is 5.75 Å². The van der Waals surface area contributed by atoms with E-state index in [4.69, 9.17) is 4.74 Å². The van der Waals surface area contributed by atoms with Crippen LogP contribution in [-0.2, 0) is 0 Å². The summed E-state index contributed by atoms with van der Waals surface area (Å²) in [6.07, 6.45) is 3.10. The molecule has 214 valence electrons. The quantitative estimate of drug-likeness (QED) is 0.434. The van der Waals surface area contributed by atoms with Crippen molar-refractivity contribution in [2.45, 2.75) is 26.2 Å². The van der Waals surface area contributed by atoms with Crippen LogP contribution in [0.15, 0.2) is 66.7 Å². The molecular formula is C32H37N5O4. The molecule has 0 aliphatic carbocycles. The number of anilines is 3. The molecule has 0 spiro atoms. The third-order valence-corrected chi connectivity index (χ3v) is 7.64. The third-order valence-electron chi connectivity index (χ3n) is 7.64. The zero-order valence-electron chi connectivity index (χ0n) is 23.7. The number of hydrogen-bond donors (Lipinski definition) is 2. The smallest absolute Gasteiger partial charge is 0.321 e. The summed E-state index contributed by atoms with van der Waals surface area (Å²) in [6, 6.07) is 20.1. The van der Waals surface area contributed by atoms with Crippen LogP contribution >= 0.6 is 0 Å². The van der Waals surface area contributed by atoms with Gasteiger partial charge in [-0.1, -0.05) is 18.2 Å². The van der Waals surface area contributed by atoms with E-state index >= 15 is 0 Å². The van der Waals surface area contributed by atoms with Crippen LogP contribution in [0.25, 0.3) is 0 Å². The minimum absolute atomic E-state index is 0.0307. The Morgan fingerprint density at radius 1 is 0.732 bits per heavy atom. The molecular weight excluding hydrogens is 518 g/mol. The van der Waals surface area contributed by atoms with Crippen molar-refractivity contribution in [2.24, 2.45) is 0 Å². The maximum Gasteiger partial charge on any atom is 0.321 e. The van der Waals surface area contributed by atoms with E-state index in [2.05, 4.69) is 15.5 Å². The van der Waals surface area contributed by atoms with E-state index in [0.717, 1.165) is 49.3 Å². The summed E-state index contributed by atoms with van der Waals surface area (Å²) in [6.45, 7) is 5.70. The number of hydrogen-bond acceptors (Lipinski definition) is 5. The van der Waals surface area contributed by atoms with Gasteiger partial charge in [-0.3, -0.25) is 9.59 Å². The molecule has 2 heterocycles. The van der Waals surface area contributed by atoms with Gasteiger partial charge >= 0.3 is 6.03 Å². The van der Waals surface area contributed by atoms with Gasteiger partial charge < -0.3 is 30.1 Å². The normalized spacial score (nSPS) is 15.3. The van der Waals surface area contributed by atoms with Crippen LogP contribution in [0.4, 0.5) is 21.9 Å². The van der Waals surface area contributed by atoms with E-state index < -0.39 is 0 Å². The maximum absolute atomic E-state index is 13.8. The fourth-order valence-electron chi connectivity index (χ4n) is 5.37. The number of piperidine rings is 1. The summed E-state index contributed by atoms with van der Waals surface area (Å²) in [5, 5.41) is 5.93. The van der Waals surface area contributed by atoms with Crippen molar-refractivity contribution < 1.29 is 19.1 Å². The monoisotopic (exact) mass is 555 g/mol. The van der Waals surface area contributed by atoms with Gasteiger partial charge in [-0.05, 0) is 80.3 Å². The molecule has 41 heavy (non-hydrogen) atoms. The number of nitrogens with zero attached hydrogens (tertiary/aromatic N) is 3. The Kier molecular flexibility index (Phi) is 8.72. The summed E-state index contributed by atoms with van der Waals surface area (Å²) in [5.74, 6) is 0.290. The number of benzene rings is 3. The first-order chi connectivity index (χ1) is 19.9. The Labute approximate surface area is 241 Å². The molecule has 0 atom stereocenters. The average Bonchev–Trinajstić information content (AvgIpc) is 3.01. The van der Waals surface area contributed by atoms with E-state index in [1.165, 1.54) is 0 Å². The predicted octanol–water partition coefficient (Wildman–Crippen LogP) is 5.24. The van der Waals surface area contributed by atoms with E-state index in [0.29, 0.717) is 48.7 Å². The molecule has 0 bridgehead atoms. The summed E-state index contributed by atoms with van der Waals surface area (Å²) < 4.78 is 5.25. The molecule has 0 radical (unpaired) electrons. The summed E-state index contributed by atoms with van der Waals surface area (Å²) in [4.78, 5) is 45.5. The molecule has 5 rings (SSSR count). The first-order valence-corrected chi connectivity index (χ1v) is 14.2. The largest absolute Gasteiger partial charge is 0.497 e. The molecule has 9 heteroatoms. The molecule has 2 aliphatic heterocycles. The number of amides is 4. The highest BCUT2D eigenvalue weighted by atomic mass is 16.5. The van der Waals surface area contributed by atoms with Crippen molar-refractivity contribution in [3.8, 4) is 5.75 Å². The predicted molar refractivity (Wildman–Crippen MR) is 161 cm³/mol. The lowest BCUT2D eigenvalue weighted by molar-refractivity contribution is 0.0724. The van der Waals surface area contributed by atoms with Gasteiger partial charge in [0.05, 0.1) is 12.7 Å². The molecule has 2 N–H and O–H groups in total. The number of carbonyl (C=O) groups is 3. The van der Waals surface area contributed by atoms with Crippen molar-refractivity contribution in [1.29, 1.82) is 0 Å². The van der Waals surface area contributed by atoms with Gasteiger partial charge in [0.2, 0.25) is 0 Å². The lowest BCUT2D eigenvalue weighted by atomic mass is 10.1. The van der Waals surface area contributed by atoms with Crippen molar-refractivity contribution in [3.05, 3.63) is 83.4 Å². The van der Waals surface area contributed by atoms with E-state index in [-0.39, 0.29) is 17.8 Å². The van der Waals surface area contributed by atoms with Crippen molar-refractivity contribution >= 4 is 34.9 Å². The van der Waals surface area contributed by atoms with Crippen LogP contribution in [0.1, 0.15) is 45.5 Å². The molecule has 3 aromatic rings. The minimum atomic E-state index is -0.277. The Bertz CT molecular complexity index is 1410. The number of methoxy groups -OCH3 is 1. The minimum Gasteiger partial charge on any atom is -0.497 e. The number of likely N-dealkylation sites (tertiary alicyclic amines) is 1. The second-order valence-corrected chi connectivity index (χ2v) is 10.5. The number of carbonyl (C=O) groups excluding carboxylic acids is 3. The molecule has 4 amide bonds. The Balaban J connectivity index is 1.32. The number of nitrogens with one attached hydrogen (secondary N) is 2. The van der Waals surface area contributed by atoms with Crippen LogP contribution in [0.5, 0.6) is 5.75 Å². The van der Waals surface area contributed by atoms with E-state index in [1.807, 2.05) is 48.2 Å². The lowest BCUT2D eigenvalue weighted by Gasteiger charge is -2.37. The zero-order chi connectivity index (χ0) is 28.8. The number of piperazine rings is 1. The zero-order valence-corrected chi connectivity index (χ0v) is 23.7. The second kappa shape index (κ2) is 12.8. The van der Waals surface area contributed by atoms with Crippen LogP contribution in [0.2, 0.25) is 0 Å². The van der Waals surface area contributed by atoms with Gasteiger partial charge in [0.25, 0.3) is 11.8 Å². The SMILES string of the molecule is COc1cccc(C(=O)Nc2ccc(N3CCN(C(=O)Nc4cccc(C)c4)CC3)c(C(=O)N3CCCCC3)c2)c1. The Morgan fingerprint density at radius 3 is 2.20 bits per heavy atom. The summed E-state index contributed by atoms with van der Waals surface area (Å²) >= 11 is 0. The van der Waals surface area contributed by atoms with Crippen LogP contribution in [-0.4, -0.2) is 74.0 Å². The molecule has 2 aliphatic rings. The standard InChI is InChI=1S/C32H37N5O4/c1-23-8-6-10-25(20-23)34-32(40)37-18-16-35(17-19-37)29-13-12-26(22-28(29)31(39)36-14-4-3-5-15-36)33-30(38)24-9-7-11-27(21-24)41-2/h6-13,20-22H,3-5,14-19H2,1-2H3,(H,33,38)(H,34,40). The van der Waals surface area contributed by atoms with Crippen molar-refractivity contribution in [2.75, 3.05) is 61.9 Å². The molecule has 2 fully saturated rings. The highest BCUT2D eigenvalue weighted by molar-refractivity contribution is 6.06. The lowest BCUT2D eigenvalue weighted by Crippen LogP contribution is -2.50. The summed E-state index contributed by atoms with van der Waals surface area (Å²) in [5.41, 5.74) is 4.27. The molecule has 0 saturated carbocycles. The van der Waals surface area contributed by atoms with Gasteiger partial charge in [-0.25, -0.2) is 4.79 Å². The number of aryl methyl sites for hydroxylation is 1. The van der Waals surface area contributed by atoms with Crippen molar-refractivity contribution in [1.82, 2.24) is 9.80 Å². The van der Waals surface area contributed by atoms with Crippen LogP contribution in [0.3, 0.4) is 0 Å². The third kappa shape index (κ3) is 6.80. The van der Waals surface area contributed by atoms with Crippen LogP contribution < -0.4 is 20.3 Å². The Morgan fingerprint density at radius 2 is 1.46 bits per heavy atom. The van der Waals surface area contributed by atoms with E-state index in [9.17, 15) is 14.4 Å². The molecule has 3 aromatic carbocycles. The maximum atomic E-state index is 13.8. The fraction of sp³-hybridized carbons (Fsp3) is 0.344. The summed E-state index contributed by atoms with van der Waals surface area (Å²) in [7, 11) is 1.56. The van der Waals surface area contributed by atoms with E-state index in [1.54, 1.807) is 42.3 Å². The first-order valence-electron chi connectivity index (χ1n) is 14.2. The van der Waals surface area contributed by atoms with Gasteiger partial charge in [0, 0.05) is 61.9 Å². The van der Waals surface area contributed by atoms with Gasteiger partial charge in [0.15, 0.2) is 0 Å². The topological polar surface area (TPSA) is 94.2 Å². The highest BCUT2D eigenvalue weighted by Gasteiger charge is 2.27.